The maximum absolute atomic E-state index is 9.27. The quantitative estimate of drug-likeness (QED) is 0.746. The topological polar surface area (TPSA) is 44.7 Å². The van der Waals surface area contributed by atoms with E-state index in [1.807, 2.05) is 0 Å². The molecule has 0 aromatic rings. The number of aliphatic hydroxyl groups excluding tert-OH is 1. The summed E-state index contributed by atoms with van der Waals surface area (Å²) in [6.45, 7) is 9.87. The van der Waals surface area contributed by atoms with Crippen LogP contribution in [0.3, 0.4) is 0 Å². The van der Waals surface area contributed by atoms with Crippen LogP contribution in [0, 0.1) is 5.41 Å². The SMILES string of the molecule is CC(C)NCC1(CN2CCCCC2CCO)CCOC1. The van der Waals surface area contributed by atoms with Gasteiger partial charge in [0.25, 0.3) is 0 Å². The maximum atomic E-state index is 9.27. The molecule has 0 amide bonds. The highest BCUT2D eigenvalue weighted by Gasteiger charge is 2.38. The summed E-state index contributed by atoms with van der Waals surface area (Å²) in [5.41, 5.74) is 0.273. The van der Waals surface area contributed by atoms with E-state index >= 15 is 0 Å². The second kappa shape index (κ2) is 7.74. The van der Waals surface area contributed by atoms with Gasteiger partial charge >= 0.3 is 0 Å². The highest BCUT2D eigenvalue weighted by Crippen LogP contribution is 2.32. The Labute approximate surface area is 123 Å². The van der Waals surface area contributed by atoms with E-state index < -0.39 is 0 Å². The van der Waals surface area contributed by atoms with Crippen LogP contribution in [0.15, 0.2) is 0 Å². The molecule has 0 saturated carbocycles. The smallest absolute Gasteiger partial charge is 0.0547 e. The fourth-order valence-corrected chi connectivity index (χ4v) is 3.57. The monoisotopic (exact) mass is 284 g/mol. The van der Waals surface area contributed by atoms with Crippen LogP contribution >= 0.6 is 0 Å². The van der Waals surface area contributed by atoms with Crippen LogP contribution in [0.2, 0.25) is 0 Å². The number of ether oxygens (including phenoxy) is 1. The molecule has 118 valence electrons. The maximum Gasteiger partial charge on any atom is 0.0547 e. The van der Waals surface area contributed by atoms with Gasteiger partial charge in [-0.15, -0.1) is 0 Å². The minimum atomic E-state index is 0.273. The van der Waals surface area contributed by atoms with Gasteiger partial charge in [-0.25, -0.2) is 0 Å². The molecule has 2 N–H and O–H groups in total. The molecule has 2 heterocycles. The molecule has 2 aliphatic heterocycles. The van der Waals surface area contributed by atoms with Crippen LogP contribution in [-0.2, 0) is 4.74 Å². The molecule has 20 heavy (non-hydrogen) atoms. The Hall–Kier alpha value is -0.160. The summed E-state index contributed by atoms with van der Waals surface area (Å²) in [4.78, 5) is 2.62. The molecule has 0 radical (unpaired) electrons. The molecule has 2 saturated heterocycles. The number of hydrogen-bond donors (Lipinski definition) is 2. The van der Waals surface area contributed by atoms with Crippen LogP contribution in [0.5, 0.6) is 0 Å². The lowest BCUT2D eigenvalue weighted by Crippen LogP contribution is -2.50. The van der Waals surface area contributed by atoms with E-state index in [1.165, 1.54) is 25.8 Å². The van der Waals surface area contributed by atoms with Crippen molar-refractivity contribution in [2.45, 2.75) is 58.0 Å². The molecular weight excluding hydrogens is 252 g/mol. The predicted octanol–water partition coefficient (Wildman–Crippen LogP) is 1.63. The third kappa shape index (κ3) is 4.42. The molecule has 0 aromatic carbocycles. The lowest BCUT2D eigenvalue weighted by Gasteiger charge is -2.41. The van der Waals surface area contributed by atoms with Gasteiger partial charge in [0.15, 0.2) is 0 Å². The summed E-state index contributed by atoms with van der Waals surface area (Å²) in [6.07, 6.45) is 5.95. The summed E-state index contributed by atoms with van der Waals surface area (Å²) in [5.74, 6) is 0. The van der Waals surface area contributed by atoms with Gasteiger partial charge in [0.1, 0.15) is 0 Å². The van der Waals surface area contributed by atoms with Gasteiger partial charge in [0.05, 0.1) is 6.61 Å². The number of hydrogen-bond acceptors (Lipinski definition) is 4. The number of nitrogens with one attached hydrogen (secondary N) is 1. The zero-order chi connectivity index (χ0) is 14.4. The largest absolute Gasteiger partial charge is 0.396 e. The molecule has 2 atom stereocenters. The van der Waals surface area contributed by atoms with E-state index in [-0.39, 0.29) is 5.41 Å². The van der Waals surface area contributed by atoms with E-state index in [0.717, 1.165) is 39.1 Å². The van der Waals surface area contributed by atoms with E-state index in [9.17, 15) is 5.11 Å². The first-order valence-corrected chi connectivity index (χ1v) is 8.31. The average Bonchev–Trinajstić information content (AvgIpc) is 2.88. The molecule has 4 nitrogen and oxygen atoms in total. The molecule has 0 bridgehead atoms. The van der Waals surface area contributed by atoms with Crippen LogP contribution in [-0.4, -0.2) is 61.5 Å². The Bertz CT molecular complexity index is 276. The van der Waals surface area contributed by atoms with Gasteiger partial charge in [-0.05, 0) is 32.2 Å². The van der Waals surface area contributed by atoms with Crippen molar-refractivity contribution < 1.29 is 9.84 Å². The van der Waals surface area contributed by atoms with Gasteiger partial charge in [0, 0.05) is 43.8 Å². The van der Waals surface area contributed by atoms with Crippen molar-refractivity contribution in [1.29, 1.82) is 0 Å². The van der Waals surface area contributed by atoms with E-state index in [0.29, 0.717) is 18.7 Å². The number of likely N-dealkylation sites (tertiary alicyclic amines) is 1. The molecule has 2 aliphatic rings. The van der Waals surface area contributed by atoms with Gasteiger partial charge in [-0.1, -0.05) is 20.3 Å². The highest BCUT2D eigenvalue weighted by atomic mass is 16.5. The molecule has 0 aromatic heterocycles. The minimum Gasteiger partial charge on any atom is -0.396 e. The van der Waals surface area contributed by atoms with Gasteiger partial charge < -0.3 is 15.2 Å². The number of rotatable bonds is 7. The fourth-order valence-electron chi connectivity index (χ4n) is 3.57. The minimum absolute atomic E-state index is 0.273. The third-order valence-corrected chi connectivity index (χ3v) is 4.82. The fraction of sp³-hybridized carbons (Fsp3) is 1.00. The molecule has 4 heteroatoms. The van der Waals surface area contributed by atoms with Gasteiger partial charge in [-0.2, -0.15) is 0 Å². The Morgan fingerprint density at radius 2 is 2.25 bits per heavy atom. The first kappa shape index (κ1) is 16.2. The van der Waals surface area contributed by atoms with E-state index in [2.05, 4.69) is 24.1 Å². The predicted molar refractivity (Wildman–Crippen MR) is 81.9 cm³/mol. The van der Waals surface area contributed by atoms with Crippen LogP contribution < -0.4 is 5.32 Å². The normalized spacial score (nSPS) is 32.1. The number of piperidine rings is 1. The molecule has 0 spiro atoms. The molecule has 2 rings (SSSR count). The van der Waals surface area contributed by atoms with Crippen molar-refractivity contribution in [3.05, 3.63) is 0 Å². The zero-order valence-corrected chi connectivity index (χ0v) is 13.2. The van der Waals surface area contributed by atoms with Crippen molar-refractivity contribution in [3.8, 4) is 0 Å². The van der Waals surface area contributed by atoms with Crippen LogP contribution in [0.1, 0.15) is 46.0 Å². The molecule has 2 unspecified atom stereocenters. The van der Waals surface area contributed by atoms with Crippen LogP contribution in [0.4, 0.5) is 0 Å². The number of nitrogens with zero attached hydrogens (tertiary/aromatic N) is 1. The lowest BCUT2D eigenvalue weighted by molar-refractivity contribution is 0.0543. The van der Waals surface area contributed by atoms with Crippen molar-refractivity contribution in [2.24, 2.45) is 5.41 Å². The third-order valence-electron chi connectivity index (χ3n) is 4.82. The Kier molecular flexibility index (Phi) is 6.27. The summed E-state index contributed by atoms with van der Waals surface area (Å²) in [7, 11) is 0. The van der Waals surface area contributed by atoms with E-state index in [4.69, 9.17) is 4.74 Å². The van der Waals surface area contributed by atoms with Crippen LogP contribution in [0.25, 0.3) is 0 Å². The van der Waals surface area contributed by atoms with E-state index in [1.54, 1.807) is 0 Å². The zero-order valence-electron chi connectivity index (χ0n) is 13.2. The lowest BCUT2D eigenvalue weighted by atomic mass is 9.84. The first-order valence-electron chi connectivity index (χ1n) is 8.31. The molecule has 0 aliphatic carbocycles. The van der Waals surface area contributed by atoms with Crippen molar-refractivity contribution in [2.75, 3.05) is 39.5 Å². The highest BCUT2D eigenvalue weighted by molar-refractivity contribution is 4.91. The molecular formula is C16H32N2O2. The van der Waals surface area contributed by atoms with Gasteiger partial charge in [-0.3, -0.25) is 4.90 Å². The summed E-state index contributed by atoms with van der Waals surface area (Å²) < 4.78 is 5.71. The number of aliphatic hydroxyl groups is 1. The summed E-state index contributed by atoms with van der Waals surface area (Å²) >= 11 is 0. The Morgan fingerprint density at radius 3 is 2.90 bits per heavy atom. The second-order valence-electron chi connectivity index (χ2n) is 6.97. The standard InChI is InChI=1S/C16H32N2O2/c1-14(2)17-11-16(7-10-20-13-16)12-18-8-4-3-5-15(18)6-9-19/h14-15,17,19H,3-13H2,1-2H3. The van der Waals surface area contributed by atoms with Crippen molar-refractivity contribution in [1.82, 2.24) is 10.2 Å². The molecule has 2 fully saturated rings. The summed E-state index contributed by atoms with van der Waals surface area (Å²) in [5, 5.41) is 12.9. The van der Waals surface area contributed by atoms with Crippen molar-refractivity contribution in [3.63, 3.8) is 0 Å². The second-order valence-corrected chi connectivity index (χ2v) is 6.97. The Morgan fingerprint density at radius 1 is 1.40 bits per heavy atom. The average molecular weight is 284 g/mol. The van der Waals surface area contributed by atoms with Gasteiger partial charge in [0.2, 0.25) is 0 Å². The first-order chi connectivity index (χ1) is 9.65. The van der Waals surface area contributed by atoms with Crippen molar-refractivity contribution >= 4 is 0 Å². The Balaban J connectivity index is 1.95. The summed E-state index contributed by atoms with van der Waals surface area (Å²) in [6, 6.07) is 1.10.